The zero-order chi connectivity index (χ0) is 19.7. The highest BCUT2D eigenvalue weighted by Gasteiger charge is 2.15. The average molecular weight is 427 g/mol. The van der Waals surface area contributed by atoms with Crippen LogP contribution in [0.2, 0.25) is 0 Å². The zero-order valence-corrected chi connectivity index (χ0v) is 18.8. The van der Waals surface area contributed by atoms with Crippen molar-refractivity contribution in [1.29, 1.82) is 0 Å². The molecule has 0 aliphatic rings. The largest absolute Gasteiger partial charge is 0.305 e. The summed E-state index contributed by atoms with van der Waals surface area (Å²) in [5.41, 5.74) is 4.69. The van der Waals surface area contributed by atoms with Gasteiger partial charge in [-0.2, -0.15) is 0 Å². The first-order valence-corrected chi connectivity index (χ1v) is 11.9. The number of aromatic nitrogens is 4. The molecule has 0 aliphatic heterocycles. The van der Waals surface area contributed by atoms with E-state index in [-0.39, 0.29) is 0 Å². The van der Waals surface area contributed by atoms with Crippen LogP contribution in [-0.2, 0) is 12.8 Å². The zero-order valence-electron chi connectivity index (χ0n) is 16.3. The third-order valence-electron chi connectivity index (χ3n) is 4.56. The molecule has 0 radical (unpaired) electrons. The molecule has 0 saturated heterocycles. The Morgan fingerprint density at radius 2 is 1.93 bits per heavy atom. The Morgan fingerprint density at radius 1 is 1.11 bits per heavy atom. The number of thiophene rings is 1. The van der Waals surface area contributed by atoms with E-state index in [9.17, 15) is 0 Å². The quantitative estimate of drug-likeness (QED) is 0.335. The fourth-order valence-electron chi connectivity index (χ4n) is 2.91. The molecule has 0 bridgehead atoms. The molecule has 1 aromatic carbocycles. The average Bonchev–Trinajstić information content (AvgIpc) is 3.40. The van der Waals surface area contributed by atoms with Gasteiger partial charge in [0.2, 0.25) is 0 Å². The third kappa shape index (κ3) is 3.92. The van der Waals surface area contributed by atoms with Crippen LogP contribution in [-0.4, -0.2) is 19.7 Å². The third-order valence-corrected chi connectivity index (χ3v) is 7.77. The summed E-state index contributed by atoms with van der Waals surface area (Å²) in [5, 5.41) is 15.1. The van der Waals surface area contributed by atoms with Crippen molar-refractivity contribution in [3.8, 4) is 22.0 Å². The summed E-state index contributed by atoms with van der Waals surface area (Å²) in [4.78, 5) is 6.19. The predicted molar refractivity (Wildman–Crippen MR) is 120 cm³/mol. The van der Waals surface area contributed by atoms with Gasteiger partial charge in [-0.15, -0.1) is 32.9 Å². The van der Waals surface area contributed by atoms with E-state index in [0.29, 0.717) is 5.92 Å². The highest BCUT2D eigenvalue weighted by molar-refractivity contribution is 7.98. The van der Waals surface area contributed by atoms with Crippen LogP contribution in [0.4, 0.5) is 0 Å². The number of nitrogens with zero attached hydrogens (tertiary/aromatic N) is 4. The monoisotopic (exact) mass is 426 g/mol. The minimum Gasteiger partial charge on any atom is -0.305 e. The predicted octanol–water partition coefficient (Wildman–Crippen LogP) is 6.39. The Hall–Kier alpha value is -1.96. The van der Waals surface area contributed by atoms with Crippen molar-refractivity contribution >= 4 is 34.4 Å². The Balaban J connectivity index is 1.47. The Labute approximate surface area is 177 Å². The number of aryl methyl sites for hydroxylation is 1. The van der Waals surface area contributed by atoms with Gasteiger partial charge in [-0.05, 0) is 24.5 Å². The van der Waals surface area contributed by atoms with Crippen LogP contribution in [0.25, 0.3) is 22.0 Å². The van der Waals surface area contributed by atoms with Gasteiger partial charge >= 0.3 is 0 Å². The molecule has 0 spiro atoms. The number of rotatable bonds is 6. The maximum absolute atomic E-state index is 4.82. The van der Waals surface area contributed by atoms with Gasteiger partial charge in [0.1, 0.15) is 5.01 Å². The van der Waals surface area contributed by atoms with Gasteiger partial charge in [-0.1, -0.05) is 49.9 Å². The molecule has 4 rings (SSSR count). The molecular formula is C21H22N4S3. The molecule has 7 heteroatoms. The second-order valence-electron chi connectivity index (χ2n) is 7.01. The van der Waals surface area contributed by atoms with E-state index in [4.69, 9.17) is 4.98 Å². The Morgan fingerprint density at radius 3 is 2.68 bits per heavy atom. The number of thioether (sulfide) groups is 1. The van der Waals surface area contributed by atoms with Gasteiger partial charge in [-0.3, -0.25) is 0 Å². The molecule has 0 unspecified atom stereocenters. The maximum Gasteiger partial charge on any atom is 0.191 e. The molecule has 0 atom stereocenters. The lowest BCUT2D eigenvalue weighted by atomic mass is 10.1. The molecule has 3 aromatic heterocycles. The van der Waals surface area contributed by atoms with Gasteiger partial charge < -0.3 is 4.57 Å². The number of hydrogen-bond donors (Lipinski definition) is 0. The van der Waals surface area contributed by atoms with Crippen LogP contribution in [0.1, 0.15) is 35.9 Å². The van der Waals surface area contributed by atoms with E-state index < -0.39 is 0 Å². The summed E-state index contributed by atoms with van der Waals surface area (Å²) in [5.74, 6) is 2.24. The van der Waals surface area contributed by atoms with Crippen molar-refractivity contribution in [3.63, 3.8) is 0 Å². The first-order chi connectivity index (χ1) is 13.5. The molecular weight excluding hydrogens is 404 g/mol. The highest BCUT2D eigenvalue weighted by atomic mass is 32.2. The standard InChI is InChI=1S/C21H22N4S3/c1-13(2)18-9-15(10-26-18)19-23-24-21(25(19)4)28-12-16-11-27-20(22-16)17-8-6-5-7-14(17)3/h5-11,13H,12H2,1-4H3. The fraction of sp³-hybridized carbons (Fsp3) is 0.286. The van der Waals surface area contributed by atoms with Crippen LogP contribution < -0.4 is 0 Å². The number of benzene rings is 1. The molecule has 144 valence electrons. The van der Waals surface area contributed by atoms with Crippen LogP contribution in [0.15, 0.2) is 46.2 Å². The van der Waals surface area contributed by atoms with E-state index in [2.05, 4.69) is 76.6 Å². The Kier molecular flexibility index (Phi) is 5.66. The van der Waals surface area contributed by atoms with Gasteiger partial charge in [0.15, 0.2) is 11.0 Å². The summed E-state index contributed by atoms with van der Waals surface area (Å²) in [7, 11) is 2.03. The van der Waals surface area contributed by atoms with E-state index in [0.717, 1.165) is 33.0 Å². The molecule has 0 fully saturated rings. The molecule has 4 aromatic rings. The van der Waals surface area contributed by atoms with Crippen molar-refractivity contribution < 1.29 is 0 Å². The lowest BCUT2D eigenvalue weighted by Gasteiger charge is -2.02. The summed E-state index contributed by atoms with van der Waals surface area (Å²) in [6.07, 6.45) is 0. The topological polar surface area (TPSA) is 43.6 Å². The van der Waals surface area contributed by atoms with Crippen molar-refractivity contribution in [2.75, 3.05) is 0 Å². The van der Waals surface area contributed by atoms with Gasteiger partial charge in [0.25, 0.3) is 0 Å². The molecule has 0 N–H and O–H groups in total. The lowest BCUT2D eigenvalue weighted by molar-refractivity contribution is 0.793. The minimum atomic E-state index is 0.535. The fourth-order valence-corrected chi connectivity index (χ4v) is 5.64. The van der Waals surface area contributed by atoms with E-state index >= 15 is 0 Å². The van der Waals surface area contributed by atoms with Crippen molar-refractivity contribution in [2.24, 2.45) is 7.05 Å². The van der Waals surface area contributed by atoms with Crippen LogP contribution >= 0.6 is 34.4 Å². The molecule has 4 nitrogen and oxygen atoms in total. The van der Waals surface area contributed by atoms with Crippen LogP contribution in [0.5, 0.6) is 0 Å². The summed E-state index contributed by atoms with van der Waals surface area (Å²) >= 11 is 5.16. The summed E-state index contributed by atoms with van der Waals surface area (Å²) in [6.45, 7) is 6.56. The molecule has 0 amide bonds. The van der Waals surface area contributed by atoms with E-state index in [1.807, 2.05) is 7.05 Å². The summed E-state index contributed by atoms with van der Waals surface area (Å²) in [6, 6.07) is 10.6. The molecule has 3 heterocycles. The normalized spacial score (nSPS) is 11.5. The van der Waals surface area contributed by atoms with Crippen LogP contribution in [0.3, 0.4) is 0 Å². The van der Waals surface area contributed by atoms with Gasteiger partial charge in [-0.25, -0.2) is 4.98 Å². The van der Waals surface area contributed by atoms with Crippen LogP contribution in [0, 0.1) is 6.92 Å². The van der Waals surface area contributed by atoms with Crippen molar-refractivity contribution in [1.82, 2.24) is 19.7 Å². The first-order valence-electron chi connectivity index (χ1n) is 9.14. The maximum atomic E-state index is 4.82. The summed E-state index contributed by atoms with van der Waals surface area (Å²) < 4.78 is 2.07. The van der Waals surface area contributed by atoms with Crippen molar-refractivity contribution in [2.45, 2.75) is 37.6 Å². The van der Waals surface area contributed by atoms with Gasteiger partial charge in [0, 0.05) is 39.6 Å². The second kappa shape index (κ2) is 8.19. The molecule has 0 saturated carbocycles. The minimum absolute atomic E-state index is 0.535. The molecule has 28 heavy (non-hydrogen) atoms. The van der Waals surface area contributed by atoms with Crippen molar-refractivity contribution in [3.05, 3.63) is 57.2 Å². The highest BCUT2D eigenvalue weighted by Crippen LogP contribution is 2.32. The SMILES string of the molecule is Cc1ccccc1-c1nc(CSc2nnc(-c3csc(C(C)C)c3)n2C)cs1. The number of hydrogen-bond acceptors (Lipinski definition) is 6. The Bertz CT molecular complexity index is 1090. The van der Waals surface area contributed by atoms with Gasteiger partial charge in [0.05, 0.1) is 5.69 Å². The lowest BCUT2D eigenvalue weighted by Crippen LogP contribution is -1.94. The van der Waals surface area contributed by atoms with E-state index in [1.54, 1.807) is 34.4 Å². The molecule has 0 aliphatic carbocycles. The smallest absolute Gasteiger partial charge is 0.191 e. The number of thiazole rings is 1. The second-order valence-corrected chi connectivity index (χ2v) is 9.75. The first kappa shape index (κ1) is 19.4. The van der Waals surface area contributed by atoms with E-state index in [1.165, 1.54) is 16.0 Å².